The number of anilines is 2. The minimum atomic E-state index is -3.44. The summed E-state index contributed by atoms with van der Waals surface area (Å²) in [5.41, 5.74) is 1.42. The molecule has 2 aromatic rings. The van der Waals surface area contributed by atoms with Gasteiger partial charge >= 0.3 is 5.97 Å². The summed E-state index contributed by atoms with van der Waals surface area (Å²) in [6.45, 7) is 2.38. The van der Waals surface area contributed by atoms with Gasteiger partial charge < -0.3 is 10.1 Å². The zero-order valence-electron chi connectivity index (χ0n) is 16.4. The van der Waals surface area contributed by atoms with Gasteiger partial charge in [0, 0.05) is 12.7 Å². The fourth-order valence-corrected chi connectivity index (χ4v) is 3.11. The number of nitrogens with one attached hydrogen (secondary N) is 1. The zero-order chi connectivity index (χ0) is 21.6. The summed E-state index contributed by atoms with van der Waals surface area (Å²) in [5, 5.41) is 2.81. The number of rotatable bonds is 8. The lowest BCUT2D eigenvalue weighted by atomic mass is 10.1. The van der Waals surface area contributed by atoms with Crippen molar-refractivity contribution in [2.75, 3.05) is 29.5 Å². The van der Waals surface area contributed by atoms with E-state index in [0.717, 1.165) is 23.4 Å². The highest BCUT2D eigenvalue weighted by atomic mass is 35.5. The third-order valence-electron chi connectivity index (χ3n) is 4.17. The molecule has 0 radical (unpaired) electrons. The summed E-state index contributed by atoms with van der Waals surface area (Å²) in [6.07, 6.45) is 2.82. The normalized spacial score (nSPS) is 11.0. The quantitative estimate of drug-likeness (QED) is 0.497. The number of carbonyl (C=O) groups is 2. The second-order valence-electron chi connectivity index (χ2n) is 6.42. The van der Waals surface area contributed by atoms with E-state index >= 15 is 0 Å². The lowest BCUT2D eigenvalue weighted by Crippen LogP contribution is -2.25. The van der Waals surface area contributed by atoms with Gasteiger partial charge in [-0.1, -0.05) is 24.9 Å². The molecule has 2 aromatic carbocycles. The molecule has 0 saturated carbocycles. The standard InChI is InChI=1S/C20H23ClN2O5S/c1-4-5-12-28-20(25)14-6-8-15(9-7-14)22-19(24)17-11-10-16(13-18(17)21)23(2)29(3,26)27/h6-11,13H,4-5,12H2,1-3H3,(H,22,24). The van der Waals surface area contributed by atoms with Crippen LogP contribution in [0.4, 0.5) is 11.4 Å². The van der Waals surface area contributed by atoms with Gasteiger partial charge in [-0.2, -0.15) is 0 Å². The Morgan fingerprint density at radius 2 is 1.79 bits per heavy atom. The highest BCUT2D eigenvalue weighted by molar-refractivity contribution is 7.92. The van der Waals surface area contributed by atoms with Gasteiger partial charge in [-0.25, -0.2) is 13.2 Å². The van der Waals surface area contributed by atoms with E-state index in [1.165, 1.54) is 25.2 Å². The molecule has 0 spiro atoms. The Morgan fingerprint density at radius 1 is 1.14 bits per heavy atom. The number of halogens is 1. The summed E-state index contributed by atoms with van der Waals surface area (Å²) in [5.74, 6) is -0.869. The minimum Gasteiger partial charge on any atom is -0.462 e. The molecule has 0 aliphatic carbocycles. The van der Waals surface area contributed by atoms with E-state index in [2.05, 4.69) is 5.32 Å². The van der Waals surface area contributed by atoms with Crippen LogP contribution in [0.25, 0.3) is 0 Å². The first-order chi connectivity index (χ1) is 13.6. The van der Waals surface area contributed by atoms with Gasteiger partial charge in [0.15, 0.2) is 0 Å². The topological polar surface area (TPSA) is 92.8 Å². The Bertz CT molecular complexity index is 990. The van der Waals surface area contributed by atoms with Crippen molar-refractivity contribution in [3.05, 3.63) is 58.6 Å². The second kappa shape index (κ2) is 9.76. The van der Waals surface area contributed by atoms with Crippen LogP contribution in [-0.2, 0) is 14.8 Å². The molecule has 0 fully saturated rings. The molecule has 1 N–H and O–H groups in total. The number of ether oxygens (including phenoxy) is 1. The SMILES string of the molecule is CCCCOC(=O)c1ccc(NC(=O)c2ccc(N(C)S(C)(=O)=O)cc2Cl)cc1. The van der Waals surface area contributed by atoms with Crippen LogP contribution in [-0.4, -0.2) is 40.2 Å². The van der Waals surface area contributed by atoms with Crippen molar-refractivity contribution in [1.29, 1.82) is 0 Å². The molecule has 0 aliphatic rings. The van der Waals surface area contributed by atoms with Crippen LogP contribution in [0.2, 0.25) is 5.02 Å². The zero-order valence-corrected chi connectivity index (χ0v) is 18.0. The van der Waals surface area contributed by atoms with E-state index in [0.29, 0.717) is 23.5 Å². The lowest BCUT2D eigenvalue weighted by Gasteiger charge is -2.17. The van der Waals surface area contributed by atoms with Crippen LogP contribution in [0.5, 0.6) is 0 Å². The largest absolute Gasteiger partial charge is 0.462 e. The maximum absolute atomic E-state index is 12.5. The monoisotopic (exact) mass is 438 g/mol. The summed E-state index contributed by atoms with van der Waals surface area (Å²) < 4.78 is 29.5. The lowest BCUT2D eigenvalue weighted by molar-refractivity contribution is 0.0499. The third kappa shape index (κ3) is 6.20. The smallest absolute Gasteiger partial charge is 0.338 e. The first-order valence-corrected chi connectivity index (χ1v) is 11.2. The van der Waals surface area contributed by atoms with E-state index in [1.807, 2.05) is 6.92 Å². The minimum absolute atomic E-state index is 0.117. The van der Waals surface area contributed by atoms with Crippen LogP contribution in [0.1, 0.15) is 40.5 Å². The highest BCUT2D eigenvalue weighted by Gasteiger charge is 2.16. The Kier molecular flexibility index (Phi) is 7.64. The Hall–Kier alpha value is -2.58. The molecular weight excluding hydrogens is 416 g/mol. The Labute approximate surface area is 175 Å². The van der Waals surface area contributed by atoms with Gasteiger partial charge in [0.25, 0.3) is 5.91 Å². The van der Waals surface area contributed by atoms with Gasteiger partial charge in [-0.05, 0) is 48.9 Å². The molecule has 0 atom stereocenters. The molecule has 2 rings (SSSR count). The molecular formula is C20H23ClN2O5S. The number of hydrogen-bond donors (Lipinski definition) is 1. The first-order valence-electron chi connectivity index (χ1n) is 8.95. The molecule has 0 bridgehead atoms. The summed E-state index contributed by atoms with van der Waals surface area (Å²) in [6, 6.07) is 10.7. The van der Waals surface area contributed by atoms with E-state index in [9.17, 15) is 18.0 Å². The first kappa shape index (κ1) is 22.7. The number of unbranched alkanes of at least 4 members (excludes halogenated alkanes) is 1. The van der Waals surface area contributed by atoms with Crippen LogP contribution in [0.15, 0.2) is 42.5 Å². The van der Waals surface area contributed by atoms with Gasteiger partial charge in [-0.3, -0.25) is 9.10 Å². The summed E-state index contributed by atoms with van der Waals surface area (Å²) >= 11 is 6.17. The van der Waals surface area contributed by atoms with Crippen LogP contribution < -0.4 is 9.62 Å². The summed E-state index contributed by atoms with van der Waals surface area (Å²) in [7, 11) is -2.04. The molecule has 0 unspecified atom stereocenters. The van der Waals surface area contributed by atoms with Crippen molar-refractivity contribution >= 4 is 44.9 Å². The molecule has 0 aromatic heterocycles. The van der Waals surface area contributed by atoms with Crippen LogP contribution >= 0.6 is 11.6 Å². The Balaban J connectivity index is 2.07. The second-order valence-corrected chi connectivity index (χ2v) is 8.84. The van der Waals surface area contributed by atoms with Gasteiger partial charge in [-0.15, -0.1) is 0 Å². The average molecular weight is 439 g/mol. The number of amides is 1. The molecule has 156 valence electrons. The molecule has 1 amide bonds. The van der Waals surface area contributed by atoms with Crippen molar-refractivity contribution in [1.82, 2.24) is 0 Å². The molecule has 0 saturated heterocycles. The number of sulfonamides is 1. The number of hydrogen-bond acceptors (Lipinski definition) is 5. The maximum atomic E-state index is 12.5. The fourth-order valence-electron chi connectivity index (χ4n) is 2.36. The molecule has 9 heteroatoms. The van der Waals surface area contributed by atoms with E-state index in [-0.39, 0.29) is 10.6 Å². The number of nitrogens with zero attached hydrogens (tertiary/aromatic N) is 1. The van der Waals surface area contributed by atoms with E-state index in [1.54, 1.807) is 24.3 Å². The highest BCUT2D eigenvalue weighted by Crippen LogP contribution is 2.25. The van der Waals surface area contributed by atoms with E-state index in [4.69, 9.17) is 16.3 Å². The van der Waals surface area contributed by atoms with Crippen LogP contribution in [0.3, 0.4) is 0 Å². The maximum Gasteiger partial charge on any atom is 0.338 e. The van der Waals surface area contributed by atoms with Gasteiger partial charge in [0.05, 0.1) is 34.7 Å². The number of carbonyl (C=O) groups excluding carboxylic acids is 2. The predicted molar refractivity (Wildman–Crippen MR) is 114 cm³/mol. The molecule has 0 aliphatic heterocycles. The third-order valence-corrected chi connectivity index (χ3v) is 5.69. The van der Waals surface area contributed by atoms with Crippen molar-refractivity contribution in [2.45, 2.75) is 19.8 Å². The van der Waals surface area contributed by atoms with Crippen molar-refractivity contribution in [2.24, 2.45) is 0 Å². The summed E-state index contributed by atoms with van der Waals surface area (Å²) in [4.78, 5) is 24.4. The molecule has 7 nitrogen and oxygen atoms in total. The van der Waals surface area contributed by atoms with Crippen molar-refractivity contribution < 1.29 is 22.7 Å². The van der Waals surface area contributed by atoms with Gasteiger partial charge in [0.2, 0.25) is 10.0 Å². The average Bonchev–Trinajstić information content (AvgIpc) is 2.67. The van der Waals surface area contributed by atoms with Crippen molar-refractivity contribution in [3.63, 3.8) is 0 Å². The Morgan fingerprint density at radius 3 is 2.34 bits per heavy atom. The number of benzene rings is 2. The fraction of sp³-hybridized carbons (Fsp3) is 0.300. The van der Waals surface area contributed by atoms with Crippen molar-refractivity contribution in [3.8, 4) is 0 Å². The predicted octanol–water partition coefficient (Wildman–Crippen LogP) is 3.95. The molecule has 0 heterocycles. The van der Waals surface area contributed by atoms with Crippen LogP contribution in [0, 0.1) is 0 Å². The van der Waals surface area contributed by atoms with E-state index < -0.39 is 21.9 Å². The van der Waals surface area contributed by atoms with Gasteiger partial charge in [0.1, 0.15) is 0 Å². The number of esters is 1. The molecule has 29 heavy (non-hydrogen) atoms.